The van der Waals surface area contributed by atoms with E-state index in [1.165, 1.54) is 0 Å². The zero-order chi connectivity index (χ0) is 12.8. The molecule has 0 aliphatic carbocycles. The zero-order valence-corrected chi connectivity index (χ0v) is 11.5. The molecule has 0 saturated heterocycles. The Hall–Kier alpha value is -0.940. The summed E-state index contributed by atoms with van der Waals surface area (Å²) in [6.07, 6.45) is 2.98. The summed E-state index contributed by atoms with van der Waals surface area (Å²) in [6, 6.07) is -0.0642. The maximum absolute atomic E-state index is 11.8. The van der Waals surface area contributed by atoms with Gasteiger partial charge in [0.15, 0.2) is 0 Å². The molecule has 1 heterocycles. The summed E-state index contributed by atoms with van der Waals surface area (Å²) in [4.78, 5) is 16.0. The minimum atomic E-state index is -0.0798. The lowest BCUT2D eigenvalue weighted by molar-refractivity contribution is -0.122. The van der Waals surface area contributed by atoms with E-state index in [2.05, 4.69) is 10.3 Å². The van der Waals surface area contributed by atoms with E-state index < -0.39 is 0 Å². The third-order valence-corrected chi connectivity index (χ3v) is 3.66. The molecule has 1 amide bonds. The lowest BCUT2D eigenvalue weighted by Crippen LogP contribution is -2.36. The summed E-state index contributed by atoms with van der Waals surface area (Å²) in [5.74, 6) is 0.328. The summed E-state index contributed by atoms with van der Waals surface area (Å²) in [7, 11) is 0. The molecule has 0 aliphatic rings. The summed E-state index contributed by atoms with van der Waals surface area (Å²) in [6.45, 7) is 6.08. The predicted molar refractivity (Wildman–Crippen MR) is 70.7 cm³/mol. The molecule has 2 unspecified atom stereocenters. The first-order chi connectivity index (χ1) is 8.04. The van der Waals surface area contributed by atoms with Crippen molar-refractivity contribution >= 4 is 17.2 Å². The zero-order valence-electron chi connectivity index (χ0n) is 10.6. The van der Waals surface area contributed by atoms with Gasteiger partial charge in [0.2, 0.25) is 5.91 Å². The maximum Gasteiger partial charge on any atom is 0.222 e. The second-order valence-electron chi connectivity index (χ2n) is 4.51. The number of amides is 1. The van der Waals surface area contributed by atoms with Crippen molar-refractivity contribution in [2.24, 2.45) is 11.7 Å². The van der Waals surface area contributed by atoms with Crippen molar-refractivity contribution in [3.05, 3.63) is 16.6 Å². The first-order valence-corrected chi connectivity index (χ1v) is 6.86. The van der Waals surface area contributed by atoms with Gasteiger partial charge in [0.05, 0.1) is 6.04 Å². The molecule has 1 rings (SSSR count). The normalized spacial score (nSPS) is 14.6. The Kier molecular flexibility index (Phi) is 5.58. The second kappa shape index (κ2) is 6.71. The van der Waals surface area contributed by atoms with Crippen LogP contribution >= 0.6 is 11.3 Å². The van der Waals surface area contributed by atoms with Crippen LogP contribution in [0.25, 0.3) is 0 Å². The van der Waals surface area contributed by atoms with Crippen molar-refractivity contribution in [3.8, 4) is 0 Å². The van der Waals surface area contributed by atoms with Crippen LogP contribution in [-0.2, 0) is 4.79 Å². The standard InChI is InChI=1S/C12H21N3OS/c1-4-10(12-14-5-6-17-12)15-11(16)7-9(13)8(2)3/h5-6,8-10H,4,7,13H2,1-3H3,(H,15,16). The molecular formula is C12H21N3OS. The van der Waals surface area contributed by atoms with E-state index in [1.54, 1.807) is 17.5 Å². The average Bonchev–Trinajstić information content (AvgIpc) is 2.78. The van der Waals surface area contributed by atoms with Gasteiger partial charge < -0.3 is 11.1 Å². The summed E-state index contributed by atoms with van der Waals surface area (Å²) in [5.41, 5.74) is 5.88. The number of hydrogen-bond donors (Lipinski definition) is 2. The van der Waals surface area contributed by atoms with Crippen molar-refractivity contribution in [1.29, 1.82) is 0 Å². The van der Waals surface area contributed by atoms with E-state index in [0.29, 0.717) is 12.3 Å². The van der Waals surface area contributed by atoms with Crippen molar-refractivity contribution < 1.29 is 4.79 Å². The van der Waals surface area contributed by atoms with Gasteiger partial charge in [-0.25, -0.2) is 4.98 Å². The SMILES string of the molecule is CCC(NC(=O)CC(N)C(C)C)c1nccs1. The van der Waals surface area contributed by atoms with Gasteiger partial charge in [0, 0.05) is 24.0 Å². The van der Waals surface area contributed by atoms with Crippen molar-refractivity contribution in [3.63, 3.8) is 0 Å². The van der Waals surface area contributed by atoms with Crippen LogP contribution in [0.2, 0.25) is 0 Å². The minimum Gasteiger partial charge on any atom is -0.347 e. The molecule has 0 spiro atoms. The Bertz CT molecular complexity index is 338. The van der Waals surface area contributed by atoms with Crippen LogP contribution in [0.4, 0.5) is 0 Å². The summed E-state index contributed by atoms with van der Waals surface area (Å²) in [5, 5.41) is 5.86. The molecule has 0 aromatic carbocycles. The molecule has 1 aromatic rings. The van der Waals surface area contributed by atoms with E-state index in [-0.39, 0.29) is 18.0 Å². The van der Waals surface area contributed by atoms with Crippen LogP contribution in [-0.4, -0.2) is 16.9 Å². The quantitative estimate of drug-likeness (QED) is 0.818. The topological polar surface area (TPSA) is 68.0 Å². The van der Waals surface area contributed by atoms with Crippen molar-refractivity contribution in [1.82, 2.24) is 10.3 Å². The Balaban J connectivity index is 2.49. The molecule has 0 bridgehead atoms. The molecule has 17 heavy (non-hydrogen) atoms. The van der Waals surface area contributed by atoms with Gasteiger partial charge in [-0.3, -0.25) is 4.79 Å². The highest BCUT2D eigenvalue weighted by Gasteiger charge is 2.18. The lowest BCUT2D eigenvalue weighted by Gasteiger charge is -2.18. The first-order valence-electron chi connectivity index (χ1n) is 5.98. The highest BCUT2D eigenvalue weighted by atomic mass is 32.1. The summed E-state index contributed by atoms with van der Waals surface area (Å²) < 4.78 is 0. The Morgan fingerprint density at radius 2 is 2.29 bits per heavy atom. The molecule has 3 N–H and O–H groups in total. The highest BCUT2D eigenvalue weighted by molar-refractivity contribution is 7.09. The monoisotopic (exact) mass is 255 g/mol. The van der Waals surface area contributed by atoms with Gasteiger partial charge in [-0.1, -0.05) is 20.8 Å². The molecule has 0 saturated carbocycles. The van der Waals surface area contributed by atoms with Crippen molar-refractivity contribution in [2.75, 3.05) is 0 Å². The van der Waals surface area contributed by atoms with Crippen LogP contribution in [0, 0.1) is 5.92 Å². The van der Waals surface area contributed by atoms with E-state index in [4.69, 9.17) is 5.73 Å². The molecule has 0 aliphatic heterocycles. The third kappa shape index (κ3) is 4.44. The minimum absolute atomic E-state index is 0.00764. The van der Waals surface area contributed by atoms with Gasteiger partial charge in [0.1, 0.15) is 5.01 Å². The summed E-state index contributed by atoms with van der Waals surface area (Å²) >= 11 is 1.57. The second-order valence-corrected chi connectivity index (χ2v) is 5.44. The van der Waals surface area contributed by atoms with Gasteiger partial charge >= 0.3 is 0 Å². The first kappa shape index (κ1) is 14.1. The number of rotatable bonds is 6. The molecule has 96 valence electrons. The van der Waals surface area contributed by atoms with Crippen LogP contribution in [0.3, 0.4) is 0 Å². The highest BCUT2D eigenvalue weighted by Crippen LogP contribution is 2.19. The largest absolute Gasteiger partial charge is 0.347 e. The predicted octanol–water partition coefficient (Wildman–Crippen LogP) is 2.08. The molecule has 2 atom stereocenters. The fourth-order valence-corrected chi connectivity index (χ4v) is 2.22. The smallest absolute Gasteiger partial charge is 0.222 e. The third-order valence-electron chi connectivity index (χ3n) is 2.77. The van der Waals surface area contributed by atoms with Crippen LogP contribution in [0.1, 0.15) is 44.7 Å². The number of carbonyl (C=O) groups excluding carboxylic acids is 1. The van der Waals surface area contributed by atoms with Crippen LogP contribution in [0.5, 0.6) is 0 Å². The van der Waals surface area contributed by atoms with Gasteiger partial charge in [-0.2, -0.15) is 0 Å². The fourth-order valence-electron chi connectivity index (χ4n) is 1.45. The van der Waals surface area contributed by atoms with E-state index in [1.807, 2.05) is 26.2 Å². The molecule has 1 aromatic heterocycles. The number of thiazole rings is 1. The van der Waals surface area contributed by atoms with Gasteiger partial charge in [0.25, 0.3) is 0 Å². The Morgan fingerprint density at radius 3 is 2.76 bits per heavy atom. The Labute approximate surface area is 107 Å². The molecule has 0 fully saturated rings. The lowest BCUT2D eigenvalue weighted by atomic mass is 10.0. The van der Waals surface area contributed by atoms with Crippen LogP contribution in [0.15, 0.2) is 11.6 Å². The van der Waals surface area contributed by atoms with E-state index in [9.17, 15) is 4.79 Å². The maximum atomic E-state index is 11.8. The van der Waals surface area contributed by atoms with E-state index >= 15 is 0 Å². The van der Waals surface area contributed by atoms with Gasteiger partial charge in [-0.05, 0) is 12.3 Å². The van der Waals surface area contributed by atoms with E-state index in [0.717, 1.165) is 11.4 Å². The number of nitrogens with zero attached hydrogens (tertiary/aromatic N) is 1. The molecule has 4 nitrogen and oxygen atoms in total. The number of nitrogens with one attached hydrogen (secondary N) is 1. The number of carbonyl (C=O) groups is 1. The number of aromatic nitrogens is 1. The van der Waals surface area contributed by atoms with Gasteiger partial charge in [-0.15, -0.1) is 11.3 Å². The van der Waals surface area contributed by atoms with Crippen molar-refractivity contribution in [2.45, 2.75) is 45.7 Å². The fraction of sp³-hybridized carbons (Fsp3) is 0.667. The Morgan fingerprint density at radius 1 is 1.59 bits per heavy atom. The average molecular weight is 255 g/mol. The number of nitrogens with two attached hydrogens (primary N) is 1. The molecular weight excluding hydrogens is 234 g/mol. The van der Waals surface area contributed by atoms with Crippen LogP contribution < -0.4 is 11.1 Å². The number of hydrogen-bond acceptors (Lipinski definition) is 4. The molecule has 0 radical (unpaired) electrons. The molecule has 5 heteroatoms.